The standard InChI is InChI=1S/C14H22N4/c1-10-8-11(15)9-16-14(10)17-12-5-7-18-6-3-2-4-13(12)18/h8-9,12-13H,2-7,15H2,1H3,(H,16,17). The Bertz CT molecular complexity index is 432. The van der Waals surface area contributed by atoms with Gasteiger partial charge in [-0.05, 0) is 44.4 Å². The second-order valence-corrected chi connectivity index (χ2v) is 5.57. The molecule has 4 heteroatoms. The largest absolute Gasteiger partial charge is 0.397 e. The Hall–Kier alpha value is -1.29. The maximum Gasteiger partial charge on any atom is 0.129 e. The molecule has 2 unspecified atom stereocenters. The number of aryl methyl sites for hydroxylation is 1. The lowest BCUT2D eigenvalue weighted by atomic mass is 9.99. The van der Waals surface area contributed by atoms with Crippen LogP contribution in [0.1, 0.15) is 31.2 Å². The van der Waals surface area contributed by atoms with Crippen molar-refractivity contribution in [3.63, 3.8) is 0 Å². The number of piperidine rings is 1. The number of hydrogen-bond acceptors (Lipinski definition) is 4. The van der Waals surface area contributed by atoms with Gasteiger partial charge in [0.1, 0.15) is 5.82 Å². The summed E-state index contributed by atoms with van der Waals surface area (Å²) in [6.45, 7) is 4.58. The Kier molecular flexibility index (Phi) is 3.12. The highest BCUT2D eigenvalue weighted by atomic mass is 15.2. The SMILES string of the molecule is Cc1cc(N)cnc1NC1CCN2CCCCC12. The molecular weight excluding hydrogens is 224 g/mol. The molecule has 2 aliphatic rings. The third-order valence-electron chi connectivity index (χ3n) is 4.28. The number of nitrogen functional groups attached to an aromatic ring is 1. The van der Waals surface area contributed by atoms with Gasteiger partial charge >= 0.3 is 0 Å². The summed E-state index contributed by atoms with van der Waals surface area (Å²) in [5.74, 6) is 1.00. The minimum absolute atomic E-state index is 0.556. The lowest BCUT2D eigenvalue weighted by molar-refractivity contribution is 0.192. The van der Waals surface area contributed by atoms with Crippen molar-refractivity contribution < 1.29 is 0 Å². The zero-order chi connectivity index (χ0) is 12.5. The summed E-state index contributed by atoms with van der Waals surface area (Å²) in [4.78, 5) is 7.06. The summed E-state index contributed by atoms with van der Waals surface area (Å²) < 4.78 is 0. The summed E-state index contributed by atoms with van der Waals surface area (Å²) in [5, 5.41) is 3.63. The van der Waals surface area contributed by atoms with Crippen LogP contribution >= 0.6 is 0 Å². The fourth-order valence-electron chi connectivity index (χ4n) is 3.34. The van der Waals surface area contributed by atoms with Crippen molar-refractivity contribution in [3.05, 3.63) is 17.8 Å². The van der Waals surface area contributed by atoms with Crippen LogP contribution in [0.25, 0.3) is 0 Å². The molecule has 2 aliphatic heterocycles. The lowest BCUT2D eigenvalue weighted by Crippen LogP contribution is -2.41. The Labute approximate surface area is 109 Å². The van der Waals surface area contributed by atoms with Crippen molar-refractivity contribution in [2.75, 3.05) is 24.1 Å². The minimum atomic E-state index is 0.556. The fourth-order valence-corrected chi connectivity index (χ4v) is 3.34. The van der Waals surface area contributed by atoms with Gasteiger partial charge in [-0.1, -0.05) is 6.42 Å². The van der Waals surface area contributed by atoms with Crippen molar-refractivity contribution in [3.8, 4) is 0 Å². The predicted molar refractivity (Wildman–Crippen MR) is 74.6 cm³/mol. The average Bonchev–Trinajstić information content (AvgIpc) is 2.76. The number of anilines is 2. The Morgan fingerprint density at radius 3 is 3.06 bits per heavy atom. The van der Waals surface area contributed by atoms with Crippen LogP contribution in [0.4, 0.5) is 11.5 Å². The van der Waals surface area contributed by atoms with E-state index in [1.54, 1.807) is 6.20 Å². The van der Waals surface area contributed by atoms with Crippen LogP contribution < -0.4 is 11.1 Å². The first-order chi connectivity index (χ1) is 8.74. The van der Waals surface area contributed by atoms with Gasteiger partial charge in [0.2, 0.25) is 0 Å². The van der Waals surface area contributed by atoms with E-state index in [1.807, 2.05) is 6.07 Å². The van der Waals surface area contributed by atoms with Crippen molar-refractivity contribution in [1.29, 1.82) is 0 Å². The van der Waals surface area contributed by atoms with Crippen LogP contribution in [0.5, 0.6) is 0 Å². The van der Waals surface area contributed by atoms with Crippen molar-refractivity contribution in [1.82, 2.24) is 9.88 Å². The quantitative estimate of drug-likeness (QED) is 0.838. The highest BCUT2D eigenvalue weighted by Crippen LogP contribution is 2.29. The Morgan fingerprint density at radius 1 is 1.33 bits per heavy atom. The minimum Gasteiger partial charge on any atom is -0.397 e. The van der Waals surface area contributed by atoms with E-state index in [2.05, 4.69) is 22.1 Å². The molecule has 2 fully saturated rings. The maximum absolute atomic E-state index is 5.74. The van der Waals surface area contributed by atoms with Crippen LogP contribution in [-0.4, -0.2) is 35.1 Å². The number of nitrogens with zero attached hydrogens (tertiary/aromatic N) is 2. The van der Waals surface area contributed by atoms with Gasteiger partial charge in [0, 0.05) is 18.6 Å². The average molecular weight is 246 g/mol. The highest BCUT2D eigenvalue weighted by Gasteiger charge is 2.35. The zero-order valence-electron chi connectivity index (χ0n) is 11.0. The molecule has 3 heterocycles. The molecule has 3 rings (SSSR count). The highest BCUT2D eigenvalue weighted by molar-refractivity contribution is 5.51. The van der Waals surface area contributed by atoms with Crippen LogP contribution in [-0.2, 0) is 0 Å². The van der Waals surface area contributed by atoms with Gasteiger partial charge in [-0.25, -0.2) is 4.98 Å². The second kappa shape index (κ2) is 4.76. The summed E-state index contributed by atoms with van der Waals surface area (Å²) in [7, 11) is 0. The van der Waals surface area contributed by atoms with E-state index in [4.69, 9.17) is 5.73 Å². The molecule has 0 saturated carbocycles. The molecule has 98 valence electrons. The number of hydrogen-bond donors (Lipinski definition) is 2. The molecule has 0 radical (unpaired) electrons. The van der Waals surface area contributed by atoms with Crippen LogP contribution in [0.2, 0.25) is 0 Å². The first-order valence-corrected chi connectivity index (χ1v) is 6.97. The van der Waals surface area contributed by atoms with E-state index in [-0.39, 0.29) is 0 Å². The maximum atomic E-state index is 5.74. The van der Waals surface area contributed by atoms with E-state index in [1.165, 1.54) is 38.8 Å². The molecule has 2 saturated heterocycles. The molecule has 0 aromatic carbocycles. The molecule has 0 bridgehead atoms. The van der Waals surface area contributed by atoms with Crippen molar-refractivity contribution in [2.24, 2.45) is 0 Å². The zero-order valence-corrected chi connectivity index (χ0v) is 11.0. The van der Waals surface area contributed by atoms with Gasteiger partial charge < -0.3 is 11.1 Å². The molecule has 0 spiro atoms. The number of pyridine rings is 1. The van der Waals surface area contributed by atoms with Gasteiger partial charge in [-0.2, -0.15) is 0 Å². The van der Waals surface area contributed by atoms with E-state index in [9.17, 15) is 0 Å². The second-order valence-electron chi connectivity index (χ2n) is 5.57. The van der Waals surface area contributed by atoms with E-state index >= 15 is 0 Å². The topological polar surface area (TPSA) is 54.2 Å². The van der Waals surface area contributed by atoms with Gasteiger partial charge in [0.25, 0.3) is 0 Å². The summed E-state index contributed by atoms with van der Waals surface area (Å²) in [6.07, 6.45) is 7.03. The molecule has 2 atom stereocenters. The number of nitrogens with two attached hydrogens (primary N) is 1. The molecule has 1 aromatic heterocycles. The smallest absolute Gasteiger partial charge is 0.129 e. The Balaban J connectivity index is 1.72. The van der Waals surface area contributed by atoms with E-state index < -0.39 is 0 Å². The molecule has 4 nitrogen and oxygen atoms in total. The number of aromatic nitrogens is 1. The van der Waals surface area contributed by atoms with Crippen LogP contribution in [0.15, 0.2) is 12.3 Å². The molecule has 0 amide bonds. The molecule has 3 N–H and O–H groups in total. The third kappa shape index (κ3) is 2.17. The normalized spacial score (nSPS) is 28.1. The summed E-state index contributed by atoms with van der Waals surface area (Å²) >= 11 is 0. The lowest BCUT2D eigenvalue weighted by Gasteiger charge is -2.32. The molecular formula is C14H22N4. The fraction of sp³-hybridized carbons (Fsp3) is 0.643. The number of nitrogens with one attached hydrogen (secondary N) is 1. The molecule has 0 aliphatic carbocycles. The van der Waals surface area contributed by atoms with Gasteiger partial charge in [0.15, 0.2) is 0 Å². The summed E-state index contributed by atoms with van der Waals surface area (Å²) in [5.41, 5.74) is 7.63. The monoisotopic (exact) mass is 246 g/mol. The number of rotatable bonds is 2. The predicted octanol–water partition coefficient (Wildman–Crippen LogP) is 2.01. The van der Waals surface area contributed by atoms with Gasteiger partial charge in [-0.3, -0.25) is 4.90 Å². The first-order valence-electron chi connectivity index (χ1n) is 6.97. The molecule has 1 aromatic rings. The van der Waals surface area contributed by atoms with Crippen LogP contribution in [0, 0.1) is 6.92 Å². The molecule has 18 heavy (non-hydrogen) atoms. The van der Waals surface area contributed by atoms with Gasteiger partial charge in [0.05, 0.1) is 11.9 Å². The summed E-state index contributed by atoms with van der Waals surface area (Å²) in [6, 6.07) is 3.25. The van der Waals surface area contributed by atoms with E-state index in [0.29, 0.717) is 12.1 Å². The van der Waals surface area contributed by atoms with E-state index in [0.717, 1.165) is 17.1 Å². The Morgan fingerprint density at radius 2 is 2.22 bits per heavy atom. The van der Waals surface area contributed by atoms with Crippen LogP contribution in [0.3, 0.4) is 0 Å². The number of fused-ring (bicyclic) bond motifs is 1. The van der Waals surface area contributed by atoms with Crippen molar-refractivity contribution in [2.45, 2.75) is 44.7 Å². The van der Waals surface area contributed by atoms with Gasteiger partial charge in [-0.15, -0.1) is 0 Å². The van der Waals surface area contributed by atoms with Crippen molar-refractivity contribution >= 4 is 11.5 Å². The first kappa shape index (κ1) is 11.8. The third-order valence-corrected chi connectivity index (χ3v) is 4.28.